The molecule has 0 spiro atoms. The number of aliphatic carboxylic acids is 1. The third-order valence-electron chi connectivity index (χ3n) is 4.64. The first-order valence-electron chi connectivity index (χ1n) is 9.36. The minimum atomic E-state index is -0.766. The zero-order valence-corrected chi connectivity index (χ0v) is 15.0. The summed E-state index contributed by atoms with van der Waals surface area (Å²) < 4.78 is 0. The van der Waals surface area contributed by atoms with Crippen LogP contribution in [0.25, 0.3) is 0 Å². The molecule has 2 atom stereocenters. The fourth-order valence-electron chi connectivity index (χ4n) is 3.13. The van der Waals surface area contributed by atoms with Gasteiger partial charge in [0.2, 0.25) is 0 Å². The standard InChI is InChI=1S/C19H33NO4/c1-2-3-6-9-16(21)12-14-20-15-13-18(22)17(20)10-7-4-5-8-11-19(23)24/h4,7,16-17,21H,2-3,5-6,8-15H2,1H3,(H,23,24)/b7-4-. The van der Waals surface area contributed by atoms with E-state index in [1.54, 1.807) is 0 Å². The second-order valence-corrected chi connectivity index (χ2v) is 6.70. The number of carbonyl (C=O) groups is 2. The van der Waals surface area contributed by atoms with Gasteiger partial charge in [-0.3, -0.25) is 14.5 Å². The molecule has 24 heavy (non-hydrogen) atoms. The van der Waals surface area contributed by atoms with Crippen molar-refractivity contribution < 1.29 is 19.8 Å². The predicted octanol–water partition coefficient (Wildman–Crippen LogP) is 3.16. The van der Waals surface area contributed by atoms with Gasteiger partial charge in [0.05, 0.1) is 12.1 Å². The Hall–Kier alpha value is -1.20. The molecular formula is C19H33NO4. The number of Topliss-reactive ketones (excluding diaryl/α,β-unsaturated/α-hetero) is 1. The van der Waals surface area contributed by atoms with E-state index in [2.05, 4.69) is 11.8 Å². The minimum Gasteiger partial charge on any atom is -0.481 e. The summed E-state index contributed by atoms with van der Waals surface area (Å²) in [6.07, 6.45) is 11.5. The number of ketones is 1. The lowest BCUT2D eigenvalue weighted by molar-refractivity contribution is -0.137. The zero-order valence-electron chi connectivity index (χ0n) is 15.0. The number of aliphatic hydroxyl groups excluding tert-OH is 1. The third-order valence-corrected chi connectivity index (χ3v) is 4.64. The molecule has 0 amide bonds. The highest BCUT2D eigenvalue weighted by atomic mass is 16.4. The second-order valence-electron chi connectivity index (χ2n) is 6.70. The van der Waals surface area contributed by atoms with Crippen LogP contribution in [0.15, 0.2) is 12.2 Å². The molecule has 1 fully saturated rings. The second kappa shape index (κ2) is 12.2. The molecular weight excluding hydrogens is 306 g/mol. The van der Waals surface area contributed by atoms with Crippen molar-refractivity contribution >= 4 is 11.8 Å². The van der Waals surface area contributed by atoms with Gasteiger partial charge in [0.1, 0.15) is 0 Å². The fourth-order valence-corrected chi connectivity index (χ4v) is 3.13. The third kappa shape index (κ3) is 8.60. The molecule has 1 saturated heterocycles. The van der Waals surface area contributed by atoms with Crippen molar-refractivity contribution in [3.63, 3.8) is 0 Å². The molecule has 5 nitrogen and oxygen atoms in total. The Balaban J connectivity index is 2.27. The number of aliphatic hydroxyl groups is 1. The number of carboxylic acids is 1. The Morgan fingerprint density at radius 1 is 1.29 bits per heavy atom. The monoisotopic (exact) mass is 339 g/mol. The Labute approximate surface area is 145 Å². The molecule has 1 aliphatic heterocycles. The van der Waals surface area contributed by atoms with Crippen molar-refractivity contribution in [1.29, 1.82) is 0 Å². The molecule has 0 aromatic rings. The lowest BCUT2D eigenvalue weighted by Crippen LogP contribution is -2.34. The van der Waals surface area contributed by atoms with Crippen LogP contribution >= 0.6 is 0 Å². The van der Waals surface area contributed by atoms with Crippen LogP contribution in [-0.2, 0) is 9.59 Å². The highest BCUT2D eigenvalue weighted by Crippen LogP contribution is 2.19. The van der Waals surface area contributed by atoms with E-state index in [1.165, 1.54) is 0 Å². The number of hydrogen-bond acceptors (Lipinski definition) is 4. The zero-order chi connectivity index (χ0) is 17.8. The Morgan fingerprint density at radius 3 is 2.79 bits per heavy atom. The van der Waals surface area contributed by atoms with Gasteiger partial charge in [-0.2, -0.15) is 0 Å². The van der Waals surface area contributed by atoms with Crippen molar-refractivity contribution in [2.45, 2.75) is 83.3 Å². The summed E-state index contributed by atoms with van der Waals surface area (Å²) in [7, 11) is 0. The SMILES string of the molecule is CCCCCC(O)CCN1CCC(=O)C1C/C=C\CCCC(=O)O. The van der Waals surface area contributed by atoms with E-state index in [1.807, 2.05) is 12.2 Å². The number of unbranched alkanes of at least 4 members (excludes halogenated alkanes) is 3. The minimum absolute atomic E-state index is 0.0661. The van der Waals surface area contributed by atoms with Crippen LogP contribution in [0.5, 0.6) is 0 Å². The van der Waals surface area contributed by atoms with Gasteiger partial charge in [-0.05, 0) is 32.1 Å². The molecule has 0 saturated carbocycles. The summed E-state index contributed by atoms with van der Waals surface area (Å²) in [5, 5.41) is 18.6. The van der Waals surface area contributed by atoms with Gasteiger partial charge in [0.15, 0.2) is 5.78 Å². The molecule has 0 radical (unpaired) electrons. The van der Waals surface area contributed by atoms with Crippen molar-refractivity contribution in [2.75, 3.05) is 13.1 Å². The highest BCUT2D eigenvalue weighted by molar-refractivity contribution is 5.86. The van der Waals surface area contributed by atoms with E-state index >= 15 is 0 Å². The quantitative estimate of drug-likeness (QED) is 0.398. The maximum absolute atomic E-state index is 12.0. The van der Waals surface area contributed by atoms with Gasteiger partial charge >= 0.3 is 5.97 Å². The van der Waals surface area contributed by atoms with Gasteiger partial charge in [-0.25, -0.2) is 0 Å². The maximum atomic E-state index is 12.0. The number of nitrogens with zero attached hydrogens (tertiary/aromatic N) is 1. The van der Waals surface area contributed by atoms with Gasteiger partial charge in [0, 0.05) is 25.9 Å². The van der Waals surface area contributed by atoms with Gasteiger partial charge in [-0.15, -0.1) is 0 Å². The normalized spacial score (nSPS) is 20.1. The molecule has 2 unspecified atom stereocenters. The predicted molar refractivity (Wildman–Crippen MR) is 95.0 cm³/mol. The van der Waals surface area contributed by atoms with E-state index in [9.17, 15) is 14.7 Å². The Kier molecular flexibility index (Phi) is 10.6. The topological polar surface area (TPSA) is 77.8 Å². The molecule has 1 heterocycles. The lowest BCUT2D eigenvalue weighted by Gasteiger charge is -2.23. The Morgan fingerprint density at radius 2 is 2.08 bits per heavy atom. The van der Waals surface area contributed by atoms with Crippen LogP contribution in [0.1, 0.15) is 71.1 Å². The summed E-state index contributed by atoms with van der Waals surface area (Å²) in [5.41, 5.74) is 0. The molecule has 0 bridgehead atoms. The first-order valence-corrected chi connectivity index (χ1v) is 9.36. The van der Waals surface area contributed by atoms with Crippen molar-refractivity contribution in [3.05, 3.63) is 12.2 Å². The molecule has 1 rings (SSSR count). The first-order chi connectivity index (χ1) is 11.5. The number of hydrogen-bond donors (Lipinski definition) is 2. The number of allylic oxidation sites excluding steroid dienone is 1. The van der Waals surface area contributed by atoms with Crippen molar-refractivity contribution in [3.8, 4) is 0 Å². The summed E-state index contributed by atoms with van der Waals surface area (Å²) in [4.78, 5) is 24.7. The van der Waals surface area contributed by atoms with E-state index < -0.39 is 5.97 Å². The average molecular weight is 339 g/mol. The molecule has 0 aromatic carbocycles. The molecule has 0 aromatic heterocycles. The lowest BCUT2D eigenvalue weighted by atomic mass is 10.1. The number of carbonyl (C=O) groups excluding carboxylic acids is 1. The number of rotatable bonds is 13. The van der Waals surface area contributed by atoms with Crippen LogP contribution in [-0.4, -0.2) is 52.1 Å². The van der Waals surface area contributed by atoms with Gasteiger partial charge in [0.25, 0.3) is 0 Å². The van der Waals surface area contributed by atoms with Crippen LogP contribution in [0.4, 0.5) is 0 Å². The van der Waals surface area contributed by atoms with Crippen LogP contribution < -0.4 is 0 Å². The van der Waals surface area contributed by atoms with Crippen LogP contribution in [0.2, 0.25) is 0 Å². The largest absolute Gasteiger partial charge is 0.481 e. The smallest absolute Gasteiger partial charge is 0.303 e. The number of carboxylic acid groups (broad SMARTS) is 1. The Bertz CT molecular complexity index is 408. The van der Waals surface area contributed by atoms with Crippen molar-refractivity contribution in [1.82, 2.24) is 4.90 Å². The van der Waals surface area contributed by atoms with E-state index in [4.69, 9.17) is 5.11 Å². The molecule has 1 aliphatic rings. The van der Waals surface area contributed by atoms with E-state index in [-0.39, 0.29) is 24.3 Å². The van der Waals surface area contributed by atoms with E-state index in [0.29, 0.717) is 19.3 Å². The average Bonchev–Trinajstić information content (AvgIpc) is 2.89. The summed E-state index contributed by atoms with van der Waals surface area (Å²) in [6.45, 7) is 3.72. The number of likely N-dealkylation sites (tertiary alicyclic amines) is 1. The summed E-state index contributed by atoms with van der Waals surface area (Å²) in [5.74, 6) is -0.483. The van der Waals surface area contributed by atoms with Crippen LogP contribution in [0.3, 0.4) is 0 Å². The molecule has 0 aliphatic carbocycles. The van der Waals surface area contributed by atoms with Crippen LogP contribution in [0, 0.1) is 0 Å². The maximum Gasteiger partial charge on any atom is 0.303 e. The summed E-state index contributed by atoms with van der Waals surface area (Å²) in [6, 6.07) is -0.0661. The first kappa shape index (κ1) is 20.8. The van der Waals surface area contributed by atoms with E-state index in [0.717, 1.165) is 51.6 Å². The van der Waals surface area contributed by atoms with Crippen molar-refractivity contribution in [2.24, 2.45) is 0 Å². The molecule has 138 valence electrons. The molecule has 5 heteroatoms. The fraction of sp³-hybridized carbons (Fsp3) is 0.789. The van der Waals surface area contributed by atoms with Gasteiger partial charge in [-0.1, -0.05) is 38.3 Å². The van der Waals surface area contributed by atoms with Gasteiger partial charge < -0.3 is 10.2 Å². The molecule has 2 N–H and O–H groups in total. The summed E-state index contributed by atoms with van der Waals surface area (Å²) >= 11 is 0. The highest BCUT2D eigenvalue weighted by Gasteiger charge is 2.31.